The number of hydrogen-bond acceptors (Lipinski definition) is 3. The Morgan fingerprint density at radius 1 is 0.931 bits per heavy atom. The lowest BCUT2D eigenvalue weighted by atomic mass is 10.1. The summed E-state index contributed by atoms with van der Waals surface area (Å²) in [5, 5.41) is 0. The second kappa shape index (κ2) is 9.70. The smallest absolute Gasteiger partial charge is 0.224 e. The minimum absolute atomic E-state index is 0.0336. The van der Waals surface area contributed by atoms with E-state index in [4.69, 9.17) is 0 Å². The molecule has 3 rings (SSSR count). The first-order valence-electron chi connectivity index (χ1n) is 10.3. The van der Waals surface area contributed by atoms with Crippen molar-refractivity contribution in [1.29, 1.82) is 0 Å². The largest absolute Gasteiger partial charge is 0.340 e. The summed E-state index contributed by atoms with van der Waals surface area (Å²) in [6.07, 6.45) is 0.352. The van der Waals surface area contributed by atoms with E-state index in [0.29, 0.717) is 13.0 Å². The van der Waals surface area contributed by atoms with Gasteiger partial charge in [0.05, 0.1) is 0 Å². The normalized spacial score (nSPS) is 14.7. The molecule has 0 saturated carbocycles. The van der Waals surface area contributed by atoms with Crippen LogP contribution in [0.4, 0.5) is 5.69 Å². The van der Waals surface area contributed by atoms with Gasteiger partial charge in [-0.3, -0.25) is 14.5 Å². The van der Waals surface area contributed by atoms with Crippen molar-refractivity contribution in [1.82, 2.24) is 9.80 Å². The van der Waals surface area contributed by atoms with Crippen LogP contribution in [0.25, 0.3) is 0 Å². The van der Waals surface area contributed by atoms with E-state index in [1.54, 1.807) is 11.8 Å². The molecule has 0 bridgehead atoms. The number of benzene rings is 2. The van der Waals surface area contributed by atoms with Gasteiger partial charge >= 0.3 is 0 Å². The summed E-state index contributed by atoms with van der Waals surface area (Å²) >= 11 is 0. The number of aryl methyl sites for hydroxylation is 2. The molecule has 154 valence electrons. The lowest BCUT2D eigenvalue weighted by Crippen LogP contribution is -2.49. The van der Waals surface area contributed by atoms with Crippen LogP contribution >= 0.6 is 0 Å². The van der Waals surface area contributed by atoms with E-state index in [1.807, 2.05) is 36.1 Å². The molecule has 1 saturated heterocycles. The Labute approximate surface area is 173 Å². The molecule has 0 aromatic heterocycles. The number of carbonyl (C=O) groups excluding carboxylic acids is 2. The Hall–Kier alpha value is -2.66. The first kappa shape index (κ1) is 21.1. The van der Waals surface area contributed by atoms with E-state index >= 15 is 0 Å². The lowest BCUT2D eigenvalue weighted by molar-refractivity contribution is -0.132. The van der Waals surface area contributed by atoms with Crippen molar-refractivity contribution in [2.45, 2.75) is 33.7 Å². The van der Waals surface area contributed by atoms with Crippen LogP contribution in [0, 0.1) is 13.8 Å². The fraction of sp³-hybridized carbons (Fsp3) is 0.417. The Balaban J connectivity index is 1.50. The molecule has 2 amide bonds. The highest BCUT2D eigenvalue weighted by atomic mass is 16.2. The quantitative estimate of drug-likeness (QED) is 0.756. The molecule has 0 N–H and O–H groups in total. The van der Waals surface area contributed by atoms with E-state index < -0.39 is 0 Å². The third-order valence-corrected chi connectivity index (χ3v) is 5.71. The van der Waals surface area contributed by atoms with E-state index in [1.165, 1.54) is 11.1 Å². The number of hydrogen-bond donors (Lipinski definition) is 0. The highest BCUT2D eigenvalue weighted by Crippen LogP contribution is 2.20. The second-order valence-electron chi connectivity index (χ2n) is 7.83. The Bertz CT molecular complexity index is 842. The zero-order valence-corrected chi connectivity index (χ0v) is 17.7. The summed E-state index contributed by atoms with van der Waals surface area (Å²) in [4.78, 5) is 30.9. The zero-order valence-electron chi connectivity index (χ0n) is 17.7. The van der Waals surface area contributed by atoms with Crippen molar-refractivity contribution >= 4 is 17.5 Å². The molecule has 5 nitrogen and oxygen atoms in total. The van der Waals surface area contributed by atoms with Crippen molar-refractivity contribution in [3.63, 3.8) is 0 Å². The van der Waals surface area contributed by atoms with E-state index in [9.17, 15) is 9.59 Å². The van der Waals surface area contributed by atoms with Crippen LogP contribution in [0.1, 0.15) is 30.0 Å². The number of rotatable bonds is 6. The molecule has 0 radical (unpaired) electrons. The van der Waals surface area contributed by atoms with Crippen molar-refractivity contribution in [3.8, 4) is 0 Å². The minimum atomic E-state index is -0.0336. The van der Waals surface area contributed by atoms with Gasteiger partial charge in [0.15, 0.2) is 0 Å². The maximum Gasteiger partial charge on any atom is 0.224 e. The SMILES string of the molecule is CC(=O)N(CCC(=O)N1CCN(Cc2ccccc2)CC1)c1ccc(C)c(C)c1. The van der Waals surface area contributed by atoms with Gasteiger partial charge in [0, 0.05) is 58.3 Å². The van der Waals surface area contributed by atoms with Crippen LogP contribution in [0.5, 0.6) is 0 Å². The summed E-state index contributed by atoms with van der Waals surface area (Å²) < 4.78 is 0. The van der Waals surface area contributed by atoms with Crippen molar-refractivity contribution in [2.24, 2.45) is 0 Å². The molecule has 0 spiro atoms. The van der Waals surface area contributed by atoms with Gasteiger partial charge in [-0.1, -0.05) is 36.4 Å². The average Bonchev–Trinajstić information content (AvgIpc) is 2.71. The van der Waals surface area contributed by atoms with Crippen molar-refractivity contribution < 1.29 is 9.59 Å². The number of nitrogens with zero attached hydrogens (tertiary/aromatic N) is 3. The summed E-state index contributed by atoms with van der Waals surface area (Å²) in [6, 6.07) is 16.4. The first-order valence-corrected chi connectivity index (χ1v) is 10.3. The average molecular weight is 394 g/mol. The highest BCUT2D eigenvalue weighted by molar-refractivity contribution is 5.92. The topological polar surface area (TPSA) is 43.9 Å². The van der Waals surface area contributed by atoms with Crippen LogP contribution in [0.2, 0.25) is 0 Å². The Morgan fingerprint density at radius 2 is 1.62 bits per heavy atom. The monoisotopic (exact) mass is 393 g/mol. The third-order valence-electron chi connectivity index (χ3n) is 5.71. The summed E-state index contributed by atoms with van der Waals surface area (Å²) in [7, 11) is 0. The molecule has 2 aromatic carbocycles. The molecule has 1 aliphatic rings. The zero-order chi connectivity index (χ0) is 20.8. The van der Waals surface area contributed by atoms with E-state index in [0.717, 1.165) is 44.0 Å². The third kappa shape index (κ3) is 5.67. The maximum atomic E-state index is 12.7. The highest BCUT2D eigenvalue weighted by Gasteiger charge is 2.22. The van der Waals surface area contributed by atoms with Crippen LogP contribution < -0.4 is 4.90 Å². The second-order valence-corrected chi connectivity index (χ2v) is 7.83. The first-order chi connectivity index (χ1) is 13.9. The van der Waals surface area contributed by atoms with Gasteiger partial charge in [-0.25, -0.2) is 0 Å². The van der Waals surface area contributed by atoms with Gasteiger partial charge in [-0.15, -0.1) is 0 Å². The number of piperazine rings is 1. The summed E-state index contributed by atoms with van der Waals surface area (Å²) in [6.45, 7) is 10.2. The minimum Gasteiger partial charge on any atom is -0.340 e. The molecule has 0 atom stereocenters. The molecule has 5 heteroatoms. The fourth-order valence-corrected chi connectivity index (χ4v) is 3.72. The Morgan fingerprint density at radius 3 is 2.24 bits per heavy atom. The standard InChI is InChI=1S/C24H31N3O2/c1-19-9-10-23(17-20(19)2)27(21(3)28)12-11-24(29)26-15-13-25(14-16-26)18-22-7-5-4-6-8-22/h4-10,17H,11-16,18H2,1-3H3. The fourth-order valence-electron chi connectivity index (χ4n) is 3.72. The maximum absolute atomic E-state index is 12.7. The number of anilines is 1. The van der Waals surface area contributed by atoms with Crippen LogP contribution in [-0.4, -0.2) is 54.3 Å². The predicted octanol–water partition coefficient (Wildman–Crippen LogP) is 3.39. The van der Waals surface area contributed by atoms with E-state index in [2.05, 4.69) is 36.1 Å². The molecular weight excluding hydrogens is 362 g/mol. The summed E-state index contributed by atoms with van der Waals surface area (Å²) in [5.74, 6) is 0.0909. The van der Waals surface area contributed by atoms with Crippen LogP contribution in [-0.2, 0) is 16.1 Å². The van der Waals surface area contributed by atoms with E-state index in [-0.39, 0.29) is 11.8 Å². The molecule has 0 unspecified atom stereocenters. The van der Waals surface area contributed by atoms with Crippen LogP contribution in [0.3, 0.4) is 0 Å². The molecule has 0 aliphatic carbocycles. The number of carbonyl (C=O) groups is 2. The van der Waals surface area contributed by atoms with Crippen molar-refractivity contribution in [3.05, 3.63) is 65.2 Å². The van der Waals surface area contributed by atoms with Gasteiger partial charge in [-0.05, 0) is 42.7 Å². The molecule has 29 heavy (non-hydrogen) atoms. The van der Waals surface area contributed by atoms with Gasteiger partial charge in [-0.2, -0.15) is 0 Å². The molecular formula is C24H31N3O2. The molecule has 2 aromatic rings. The van der Waals surface area contributed by atoms with Crippen LogP contribution in [0.15, 0.2) is 48.5 Å². The van der Waals surface area contributed by atoms with Gasteiger partial charge in [0.2, 0.25) is 11.8 Å². The number of amides is 2. The molecule has 1 aliphatic heterocycles. The van der Waals surface area contributed by atoms with Gasteiger partial charge < -0.3 is 9.80 Å². The van der Waals surface area contributed by atoms with Gasteiger partial charge in [0.1, 0.15) is 0 Å². The summed E-state index contributed by atoms with van der Waals surface area (Å²) in [5.41, 5.74) is 4.51. The van der Waals surface area contributed by atoms with Gasteiger partial charge in [0.25, 0.3) is 0 Å². The molecule has 1 heterocycles. The predicted molar refractivity (Wildman–Crippen MR) is 117 cm³/mol. The molecule has 1 fully saturated rings. The van der Waals surface area contributed by atoms with Crippen molar-refractivity contribution in [2.75, 3.05) is 37.6 Å². The lowest BCUT2D eigenvalue weighted by Gasteiger charge is -2.35. The Kier molecular flexibility index (Phi) is 7.04.